The molecule has 1 amide bonds. The first-order valence-electron chi connectivity index (χ1n) is 7.24. The molecule has 0 unspecified atom stereocenters. The van der Waals surface area contributed by atoms with Gasteiger partial charge in [-0.1, -0.05) is 36.8 Å². The molecular weight excluding hydrogens is 236 g/mol. The van der Waals surface area contributed by atoms with Gasteiger partial charge in [-0.15, -0.1) is 0 Å². The minimum Gasteiger partial charge on any atom is -0.356 e. The van der Waals surface area contributed by atoms with E-state index in [0.717, 1.165) is 38.8 Å². The highest BCUT2D eigenvalue weighted by atomic mass is 16.2. The molecule has 3 nitrogen and oxygen atoms in total. The maximum absolute atomic E-state index is 12.4. The van der Waals surface area contributed by atoms with E-state index >= 15 is 0 Å². The van der Waals surface area contributed by atoms with E-state index in [1.807, 2.05) is 25.2 Å². The van der Waals surface area contributed by atoms with E-state index in [1.54, 1.807) is 0 Å². The molecule has 1 fully saturated rings. The molecule has 0 saturated heterocycles. The quantitative estimate of drug-likeness (QED) is 0.737. The van der Waals surface area contributed by atoms with Crippen LogP contribution in [-0.2, 0) is 11.2 Å². The lowest BCUT2D eigenvalue weighted by Crippen LogP contribution is -2.47. The van der Waals surface area contributed by atoms with E-state index in [0.29, 0.717) is 0 Å². The Morgan fingerprint density at radius 2 is 1.95 bits per heavy atom. The molecule has 1 saturated carbocycles. The number of amides is 1. The highest BCUT2D eigenvalue weighted by Gasteiger charge is 2.43. The lowest BCUT2D eigenvalue weighted by molar-refractivity contribution is -0.135. The molecular formula is C16H24N2O. The zero-order valence-electron chi connectivity index (χ0n) is 11.7. The summed E-state index contributed by atoms with van der Waals surface area (Å²) in [4.78, 5) is 12.4. The predicted octanol–water partition coefficient (Wildman–Crippen LogP) is 2.13. The minimum atomic E-state index is -0.138. The molecule has 1 aliphatic rings. The number of hydrogen-bond acceptors (Lipinski definition) is 2. The van der Waals surface area contributed by atoms with E-state index in [9.17, 15) is 4.79 Å². The fourth-order valence-electron chi connectivity index (χ4n) is 2.73. The van der Waals surface area contributed by atoms with E-state index in [4.69, 9.17) is 0 Å². The van der Waals surface area contributed by atoms with Crippen LogP contribution in [0.25, 0.3) is 0 Å². The Kier molecular flexibility index (Phi) is 4.97. The Balaban J connectivity index is 1.89. The van der Waals surface area contributed by atoms with Gasteiger partial charge in [0.2, 0.25) is 5.91 Å². The first-order valence-corrected chi connectivity index (χ1v) is 7.24. The number of carbonyl (C=O) groups excluding carboxylic acids is 1. The molecule has 0 bridgehead atoms. The number of rotatable bonds is 7. The third-order valence-electron chi connectivity index (χ3n) is 4.07. The molecule has 3 heteroatoms. The summed E-state index contributed by atoms with van der Waals surface area (Å²) < 4.78 is 0. The van der Waals surface area contributed by atoms with Gasteiger partial charge in [-0.2, -0.15) is 0 Å². The standard InChI is InChI=1S/C16H24N2O/c1-17-11-6-12-18-15(19)16(9-5-10-16)13-14-7-3-2-4-8-14/h2-4,7-8,17H,5-6,9-13H2,1H3,(H,18,19). The van der Waals surface area contributed by atoms with Crippen LogP contribution in [0.5, 0.6) is 0 Å². The third kappa shape index (κ3) is 3.57. The molecule has 0 spiro atoms. The smallest absolute Gasteiger partial charge is 0.226 e. The van der Waals surface area contributed by atoms with Crippen LogP contribution >= 0.6 is 0 Å². The second kappa shape index (κ2) is 6.71. The number of hydrogen-bond donors (Lipinski definition) is 2. The van der Waals surface area contributed by atoms with Crippen molar-refractivity contribution in [2.45, 2.75) is 32.1 Å². The van der Waals surface area contributed by atoms with Crippen LogP contribution in [0.15, 0.2) is 30.3 Å². The van der Waals surface area contributed by atoms with Crippen molar-refractivity contribution in [3.05, 3.63) is 35.9 Å². The molecule has 1 aromatic carbocycles. The summed E-state index contributed by atoms with van der Waals surface area (Å²) >= 11 is 0. The Morgan fingerprint density at radius 3 is 2.53 bits per heavy atom. The average molecular weight is 260 g/mol. The van der Waals surface area contributed by atoms with Crippen molar-refractivity contribution in [1.82, 2.24) is 10.6 Å². The van der Waals surface area contributed by atoms with Crippen molar-refractivity contribution in [1.29, 1.82) is 0 Å². The Hall–Kier alpha value is -1.35. The van der Waals surface area contributed by atoms with E-state index in [2.05, 4.69) is 22.8 Å². The molecule has 2 rings (SSSR count). The summed E-state index contributed by atoms with van der Waals surface area (Å²) in [6.07, 6.45) is 5.10. The fraction of sp³-hybridized carbons (Fsp3) is 0.562. The predicted molar refractivity (Wildman–Crippen MR) is 78.0 cm³/mol. The fourth-order valence-corrected chi connectivity index (χ4v) is 2.73. The first kappa shape index (κ1) is 14.1. The summed E-state index contributed by atoms with van der Waals surface area (Å²) in [5.41, 5.74) is 1.13. The van der Waals surface area contributed by atoms with Gasteiger partial charge in [0.1, 0.15) is 0 Å². The van der Waals surface area contributed by atoms with Crippen molar-refractivity contribution in [3.8, 4) is 0 Å². The van der Waals surface area contributed by atoms with Crippen molar-refractivity contribution >= 4 is 5.91 Å². The van der Waals surface area contributed by atoms with E-state index < -0.39 is 0 Å². The normalized spacial score (nSPS) is 16.7. The molecule has 1 aromatic rings. The van der Waals surface area contributed by atoms with Crippen LogP contribution in [0.3, 0.4) is 0 Å². The molecule has 0 aliphatic heterocycles. The SMILES string of the molecule is CNCCCNC(=O)C1(Cc2ccccc2)CCC1. The molecule has 0 radical (unpaired) electrons. The van der Waals surface area contributed by atoms with Crippen LogP contribution in [0.4, 0.5) is 0 Å². The summed E-state index contributed by atoms with van der Waals surface area (Å²) in [5.74, 6) is 0.249. The summed E-state index contributed by atoms with van der Waals surface area (Å²) in [6.45, 7) is 1.72. The topological polar surface area (TPSA) is 41.1 Å². The van der Waals surface area contributed by atoms with Gasteiger partial charge in [0.05, 0.1) is 5.41 Å². The lowest BCUT2D eigenvalue weighted by Gasteiger charge is -2.40. The molecule has 0 aromatic heterocycles. The molecule has 19 heavy (non-hydrogen) atoms. The monoisotopic (exact) mass is 260 g/mol. The minimum absolute atomic E-state index is 0.138. The Morgan fingerprint density at radius 1 is 1.21 bits per heavy atom. The number of carbonyl (C=O) groups is 1. The average Bonchev–Trinajstić information content (AvgIpc) is 2.40. The van der Waals surface area contributed by atoms with E-state index in [-0.39, 0.29) is 11.3 Å². The highest BCUT2D eigenvalue weighted by molar-refractivity contribution is 5.83. The third-order valence-corrected chi connectivity index (χ3v) is 4.07. The second-order valence-electron chi connectivity index (χ2n) is 5.51. The zero-order valence-corrected chi connectivity index (χ0v) is 11.7. The number of nitrogens with one attached hydrogen (secondary N) is 2. The van der Waals surface area contributed by atoms with Crippen LogP contribution < -0.4 is 10.6 Å². The molecule has 0 heterocycles. The summed E-state index contributed by atoms with van der Waals surface area (Å²) in [5, 5.41) is 6.20. The van der Waals surface area contributed by atoms with Gasteiger partial charge >= 0.3 is 0 Å². The summed E-state index contributed by atoms with van der Waals surface area (Å²) in [6, 6.07) is 10.4. The molecule has 104 valence electrons. The summed E-state index contributed by atoms with van der Waals surface area (Å²) in [7, 11) is 1.94. The maximum atomic E-state index is 12.4. The van der Waals surface area contributed by atoms with Crippen LogP contribution in [0, 0.1) is 5.41 Å². The zero-order chi connectivity index (χ0) is 13.6. The Bertz CT molecular complexity index is 398. The second-order valence-corrected chi connectivity index (χ2v) is 5.51. The van der Waals surface area contributed by atoms with Gasteiger partial charge < -0.3 is 10.6 Å². The van der Waals surface area contributed by atoms with Crippen LogP contribution in [0.1, 0.15) is 31.2 Å². The van der Waals surface area contributed by atoms with Crippen molar-refractivity contribution in [3.63, 3.8) is 0 Å². The van der Waals surface area contributed by atoms with Crippen molar-refractivity contribution in [2.75, 3.05) is 20.1 Å². The van der Waals surface area contributed by atoms with Gasteiger partial charge in [-0.05, 0) is 44.8 Å². The van der Waals surface area contributed by atoms with E-state index in [1.165, 1.54) is 12.0 Å². The Labute approximate surface area is 115 Å². The highest BCUT2D eigenvalue weighted by Crippen LogP contribution is 2.43. The van der Waals surface area contributed by atoms with Crippen LogP contribution in [0.2, 0.25) is 0 Å². The van der Waals surface area contributed by atoms with Gasteiger partial charge in [-0.25, -0.2) is 0 Å². The molecule has 2 N–H and O–H groups in total. The maximum Gasteiger partial charge on any atom is 0.226 e. The van der Waals surface area contributed by atoms with Gasteiger partial charge in [0.15, 0.2) is 0 Å². The number of benzene rings is 1. The first-order chi connectivity index (χ1) is 9.27. The van der Waals surface area contributed by atoms with Crippen molar-refractivity contribution < 1.29 is 4.79 Å². The van der Waals surface area contributed by atoms with Gasteiger partial charge in [0.25, 0.3) is 0 Å². The largest absolute Gasteiger partial charge is 0.356 e. The van der Waals surface area contributed by atoms with Crippen LogP contribution in [-0.4, -0.2) is 26.0 Å². The van der Waals surface area contributed by atoms with Crippen molar-refractivity contribution in [2.24, 2.45) is 5.41 Å². The van der Waals surface area contributed by atoms with Gasteiger partial charge in [-0.3, -0.25) is 4.79 Å². The lowest BCUT2D eigenvalue weighted by atomic mass is 9.64. The van der Waals surface area contributed by atoms with Gasteiger partial charge in [0, 0.05) is 6.54 Å². The molecule has 1 aliphatic carbocycles. The molecule has 0 atom stereocenters.